The van der Waals surface area contributed by atoms with Crippen molar-refractivity contribution in [3.8, 4) is 56.8 Å². The van der Waals surface area contributed by atoms with Gasteiger partial charge in [-0.15, -0.1) is 0 Å². The van der Waals surface area contributed by atoms with Crippen molar-refractivity contribution in [2.75, 3.05) is 21.3 Å². The Morgan fingerprint density at radius 2 is 1.00 bits per heavy atom. The van der Waals surface area contributed by atoms with E-state index >= 15 is 0 Å². The van der Waals surface area contributed by atoms with E-state index in [-0.39, 0.29) is 34.3 Å². The number of ether oxygens (including phenoxy) is 3. The molecule has 0 aliphatic carbocycles. The molecule has 0 unspecified atom stereocenters. The molecular weight excluding hydrogens is 348 g/mol. The summed E-state index contributed by atoms with van der Waals surface area (Å²) in [5, 5.41) is 31.1. The van der Waals surface area contributed by atoms with E-state index in [1.807, 2.05) is 0 Å². The molecule has 0 atom stereocenters. The maximum absolute atomic E-state index is 10.8. The molecule has 0 bridgehead atoms. The fraction of sp³-hybridized carbons (Fsp3) is 0.143. The number of phenolic OH excluding ortho intramolecular Hbond substituents is 3. The van der Waals surface area contributed by atoms with E-state index in [9.17, 15) is 15.3 Å². The number of aromatic hydroxyl groups is 3. The molecular formula is C21H20O6. The Balaban J connectivity index is 2.30. The Bertz CT molecular complexity index is 915. The SMILES string of the molecule is COc1ccc(-c2c(OC)c(O)c(-c3ccc(O)cc3)c(O)c2OC)cc1. The zero-order valence-electron chi connectivity index (χ0n) is 15.2. The minimum absolute atomic E-state index is 0.0755. The topological polar surface area (TPSA) is 88.4 Å². The van der Waals surface area contributed by atoms with Crippen molar-refractivity contribution >= 4 is 0 Å². The van der Waals surface area contributed by atoms with Crippen LogP contribution in [0, 0.1) is 0 Å². The number of rotatable bonds is 5. The number of methoxy groups -OCH3 is 3. The van der Waals surface area contributed by atoms with Gasteiger partial charge in [-0.2, -0.15) is 0 Å². The van der Waals surface area contributed by atoms with Gasteiger partial charge in [-0.3, -0.25) is 0 Å². The van der Waals surface area contributed by atoms with Crippen LogP contribution in [0.3, 0.4) is 0 Å². The molecule has 6 nitrogen and oxygen atoms in total. The fourth-order valence-electron chi connectivity index (χ4n) is 3.00. The van der Waals surface area contributed by atoms with Gasteiger partial charge in [0.1, 0.15) is 11.5 Å². The second kappa shape index (κ2) is 7.37. The van der Waals surface area contributed by atoms with E-state index < -0.39 is 0 Å². The number of phenols is 3. The predicted octanol–water partition coefficient (Wildman–Crippen LogP) is 4.16. The van der Waals surface area contributed by atoms with Gasteiger partial charge in [-0.05, 0) is 35.4 Å². The minimum atomic E-state index is -0.229. The molecule has 0 heterocycles. The van der Waals surface area contributed by atoms with Crippen molar-refractivity contribution in [3.05, 3.63) is 48.5 Å². The number of hydrogen-bond acceptors (Lipinski definition) is 6. The van der Waals surface area contributed by atoms with Gasteiger partial charge in [-0.1, -0.05) is 24.3 Å². The summed E-state index contributed by atoms with van der Waals surface area (Å²) in [6.45, 7) is 0. The van der Waals surface area contributed by atoms with Crippen molar-refractivity contribution in [2.24, 2.45) is 0 Å². The average Bonchev–Trinajstić information content (AvgIpc) is 2.69. The Kier molecular flexibility index (Phi) is 4.98. The molecule has 0 aromatic heterocycles. The molecule has 0 amide bonds. The third-order valence-electron chi connectivity index (χ3n) is 4.30. The Morgan fingerprint density at radius 1 is 0.556 bits per heavy atom. The van der Waals surface area contributed by atoms with Gasteiger partial charge >= 0.3 is 0 Å². The summed E-state index contributed by atoms with van der Waals surface area (Å²) in [7, 11) is 4.43. The van der Waals surface area contributed by atoms with Crippen LogP contribution >= 0.6 is 0 Å². The van der Waals surface area contributed by atoms with Crippen LogP contribution in [0.15, 0.2) is 48.5 Å². The molecule has 6 heteroatoms. The predicted molar refractivity (Wildman–Crippen MR) is 102 cm³/mol. The van der Waals surface area contributed by atoms with Gasteiger partial charge < -0.3 is 29.5 Å². The highest BCUT2D eigenvalue weighted by Gasteiger charge is 2.27. The van der Waals surface area contributed by atoms with Gasteiger partial charge in [0.15, 0.2) is 23.0 Å². The smallest absolute Gasteiger partial charge is 0.172 e. The van der Waals surface area contributed by atoms with Crippen molar-refractivity contribution < 1.29 is 29.5 Å². The summed E-state index contributed by atoms with van der Waals surface area (Å²) in [4.78, 5) is 0. The molecule has 0 fully saturated rings. The zero-order valence-corrected chi connectivity index (χ0v) is 15.2. The molecule has 0 aliphatic rings. The van der Waals surface area contributed by atoms with Crippen LogP contribution in [-0.2, 0) is 0 Å². The van der Waals surface area contributed by atoms with Crippen LogP contribution < -0.4 is 14.2 Å². The van der Waals surface area contributed by atoms with E-state index in [4.69, 9.17) is 14.2 Å². The van der Waals surface area contributed by atoms with Crippen LogP contribution in [0.2, 0.25) is 0 Å². The van der Waals surface area contributed by atoms with Gasteiger partial charge in [0.2, 0.25) is 0 Å². The maximum Gasteiger partial charge on any atom is 0.172 e. The van der Waals surface area contributed by atoms with Crippen LogP contribution in [0.4, 0.5) is 0 Å². The lowest BCUT2D eigenvalue weighted by molar-refractivity contribution is 0.351. The summed E-state index contributed by atoms with van der Waals surface area (Å²) in [5.74, 6) is 0.618. The first kappa shape index (κ1) is 18.3. The van der Waals surface area contributed by atoms with E-state index in [1.165, 1.54) is 26.4 Å². The van der Waals surface area contributed by atoms with E-state index in [0.717, 1.165) is 0 Å². The van der Waals surface area contributed by atoms with Crippen LogP contribution in [0.1, 0.15) is 0 Å². The van der Waals surface area contributed by atoms with Crippen molar-refractivity contribution in [2.45, 2.75) is 0 Å². The quantitative estimate of drug-likeness (QED) is 0.627. The molecule has 3 N–H and O–H groups in total. The monoisotopic (exact) mass is 368 g/mol. The largest absolute Gasteiger partial charge is 0.508 e. The standard InChI is InChI=1S/C21H20O6/c1-25-15-10-6-13(7-11-15)17-20(26-2)18(23)16(19(24)21(17)27-3)12-4-8-14(22)9-5-12/h4-11,22-24H,1-3H3. The van der Waals surface area contributed by atoms with Crippen molar-refractivity contribution in [1.82, 2.24) is 0 Å². The molecule has 140 valence electrons. The highest BCUT2D eigenvalue weighted by atomic mass is 16.5. The third-order valence-corrected chi connectivity index (χ3v) is 4.30. The summed E-state index contributed by atoms with van der Waals surface area (Å²) < 4.78 is 16.1. The van der Waals surface area contributed by atoms with E-state index in [2.05, 4.69) is 0 Å². The Morgan fingerprint density at radius 3 is 1.44 bits per heavy atom. The van der Waals surface area contributed by atoms with E-state index in [0.29, 0.717) is 22.4 Å². The van der Waals surface area contributed by atoms with Crippen LogP contribution in [0.25, 0.3) is 22.3 Å². The summed E-state index contributed by atoms with van der Waals surface area (Å²) in [6, 6.07) is 13.2. The molecule has 3 aromatic rings. The second-order valence-corrected chi connectivity index (χ2v) is 5.79. The third kappa shape index (κ3) is 3.17. The zero-order chi connectivity index (χ0) is 19.6. The highest BCUT2D eigenvalue weighted by Crippen LogP contribution is 2.55. The maximum atomic E-state index is 10.8. The highest BCUT2D eigenvalue weighted by molar-refractivity contribution is 5.92. The van der Waals surface area contributed by atoms with Gasteiger partial charge in [0, 0.05) is 0 Å². The number of hydrogen-bond donors (Lipinski definition) is 3. The first-order valence-electron chi connectivity index (χ1n) is 8.15. The van der Waals surface area contributed by atoms with Crippen LogP contribution in [-0.4, -0.2) is 36.6 Å². The van der Waals surface area contributed by atoms with Gasteiger partial charge in [0.05, 0.1) is 32.5 Å². The normalized spacial score (nSPS) is 10.5. The van der Waals surface area contributed by atoms with Gasteiger partial charge in [0.25, 0.3) is 0 Å². The van der Waals surface area contributed by atoms with Crippen LogP contribution in [0.5, 0.6) is 34.5 Å². The van der Waals surface area contributed by atoms with Crippen molar-refractivity contribution in [3.63, 3.8) is 0 Å². The lowest BCUT2D eigenvalue weighted by Crippen LogP contribution is -1.97. The molecule has 0 radical (unpaired) electrons. The fourth-order valence-corrected chi connectivity index (χ4v) is 3.00. The lowest BCUT2D eigenvalue weighted by Gasteiger charge is -2.20. The molecule has 27 heavy (non-hydrogen) atoms. The summed E-state index contributed by atoms with van der Waals surface area (Å²) in [5.41, 5.74) is 1.74. The molecule has 0 spiro atoms. The molecule has 3 rings (SSSR count). The summed E-state index contributed by atoms with van der Waals surface area (Å²) in [6.07, 6.45) is 0. The molecule has 0 aliphatic heterocycles. The van der Waals surface area contributed by atoms with E-state index in [1.54, 1.807) is 43.5 Å². The second-order valence-electron chi connectivity index (χ2n) is 5.79. The van der Waals surface area contributed by atoms with Gasteiger partial charge in [-0.25, -0.2) is 0 Å². The molecule has 0 saturated heterocycles. The molecule has 0 saturated carbocycles. The molecule has 3 aromatic carbocycles. The lowest BCUT2D eigenvalue weighted by atomic mass is 9.95. The number of benzene rings is 3. The van der Waals surface area contributed by atoms with Crippen molar-refractivity contribution in [1.29, 1.82) is 0 Å². The summed E-state index contributed by atoms with van der Waals surface area (Å²) >= 11 is 0. The average molecular weight is 368 g/mol. The first-order chi connectivity index (χ1) is 13.0. The Hall–Kier alpha value is -3.54. The first-order valence-corrected chi connectivity index (χ1v) is 8.15. The Labute approximate surface area is 156 Å². The minimum Gasteiger partial charge on any atom is -0.508 e.